The highest BCUT2D eigenvalue weighted by Gasteiger charge is 2.30. The predicted octanol–water partition coefficient (Wildman–Crippen LogP) is 5.23. The molecule has 176 valence electrons. The van der Waals surface area contributed by atoms with Crippen LogP contribution in [-0.4, -0.2) is 35.8 Å². The average molecular weight is 460 g/mol. The third-order valence-corrected chi connectivity index (χ3v) is 5.50. The van der Waals surface area contributed by atoms with Crippen LogP contribution >= 0.6 is 0 Å². The molecule has 2 aromatic carbocycles. The molecular weight excluding hydrogens is 430 g/mol. The van der Waals surface area contributed by atoms with Gasteiger partial charge in [0, 0.05) is 29.7 Å². The minimum Gasteiger partial charge on any atom is -0.486 e. The Bertz CT molecular complexity index is 1260. The van der Waals surface area contributed by atoms with Crippen molar-refractivity contribution in [2.75, 3.05) is 18.5 Å². The summed E-state index contributed by atoms with van der Waals surface area (Å²) in [6.45, 7) is 6.35. The lowest BCUT2D eigenvalue weighted by Crippen LogP contribution is -2.21. The minimum atomic E-state index is -0.496. The van der Waals surface area contributed by atoms with Gasteiger partial charge in [-0.05, 0) is 63.4 Å². The summed E-state index contributed by atoms with van der Waals surface area (Å²) in [6.07, 6.45) is 1.42. The molecule has 1 fully saturated rings. The quantitative estimate of drug-likeness (QED) is 0.354. The van der Waals surface area contributed by atoms with Crippen molar-refractivity contribution in [3.8, 4) is 23.1 Å². The minimum absolute atomic E-state index is 0.198. The summed E-state index contributed by atoms with van der Waals surface area (Å²) >= 11 is 0. The topological polar surface area (TPSA) is 115 Å². The van der Waals surface area contributed by atoms with Gasteiger partial charge in [-0.2, -0.15) is 5.26 Å². The number of nitrogens with one attached hydrogen (secondary N) is 1. The van der Waals surface area contributed by atoms with Gasteiger partial charge in [0.25, 0.3) is 0 Å². The van der Waals surface area contributed by atoms with Crippen LogP contribution in [0, 0.1) is 11.3 Å². The summed E-state index contributed by atoms with van der Waals surface area (Å²) in [5.74, 6) is 1.13. The number of nitrogens with zero attached hydrogens (tertiary/aromatic N) is 3. The van der Waals surface area contributed by atoms with Gasteiger partial charge in [-0.25, -0.2) is 4.79 Å². The van der Waals surface area contributed by atoms with Crippen LogP contribution in [0.4, 0.5) is 10.5 Å². The lowest BCUT2D eigenvalue weighted by Gasteiger charge is -2.12. The molecule has 0 aliphatic heterocycles. The third kappa shape index (κ3) is 4.99. The standard InChI is InChI=1S/C26H29N5O3/c1-4-29-24(28)15-33-20-11-12-21-22(14-27)25(31(19-9-10-19)23(21)13-20)17-5-7-18(8-6-17)30-26(32)34-16(2)3/h5-8,11-13,16,19H,4,9-10,15H2,1-3H3,(H2,28,29)(H,30,32). The second-order valence-electron chi connectivity index (χ2n) is 8.53. The number of carbonyl (C=O) groups excluding carboxylic acids is 1. The molecule has 4 rings (SSSR count). The van der Waals surface area contributed by atoms with Gasteiger partial charge in [-0.3, -0.25) is 10.3 Å². The number of anilines is 1. The Kier molecular flexibility index (Phi) is 6.73. The van der Waals surface area contributed by atoms with Crippen LogP contribution in [0.25, 0.3) is 22.2 Å². The summed E-state index contributed by atoms with van der Waals surface area (Å²) in [7, 11) is 0. The zero-order valence-corrected chi connectivity index (χ0v) is 19.7. The SMILES string of the molecule is CCN=C(N)COc1ccc2c(C#N)c(-c3ccc(NC(=O)OC(C)C)cc3)n(C3CC3)c2c1. The molecule has 1 saturated carbocycles. The van der Waals surface area contributed by atoms with Gasteiger partial charge in [0.2, 0.25) is 0 Å². The van der Waals surface area contributed by atoms with Gasteiger partial charge in [0.1, 0.15) is 24.3 Å². The molecule has 3 N–H and O–H groups in total. The number of amides is 1. The van der Waals surface area contributed by atoms with Gasteiger partial charge in [-0.15, -0.1) is 0 Å². The van der Waals surface area contributed by atoms with E-state index < -0.39 is 6.09 Å². The number of nitrogens with two attached hydrogens (primary N) is 1. The van der Waals surface area contributed by atoms with E-state index in [0.717, 1.165) is 35.0 Å². The lowest BCUT2D eigenvalue weighted by atomic mass is 10.1. The molecule has 1 aliphatic rings. The van der Waals surface area contributed by atoms with E-state index in [1.807, 2.05) is 49.4 Å². The fourth-order valence-corrected chi connectivity index (χ4v) is 3.97. The zero-order chi connectivity index (χ0) is 24.2. The molecule has 34 heavy (non-hydrogen) atoms. The lowest BCUT2D eigenvalue weighted by molar-refractivity contribution is 0.130. The van der Waals surface area contributed by atoms with E-state index in [0.29, 0.717) is 35.4 Å². The van der Waals surface area contributed by atoms with Crippen molar-refractivity contribution >= 4 is 28.5 Å². The van der Waals surface area contributed by atoms with Crippen LogP contribution in [-0.2, 0) is 4.74 Å². The number of fused-ring (bicyclic) bond motifs is 1. The van der Waals surface area contributed by atoms with Crippen molar-refractivity contribution in [2.45, 2.75) is 45.8 Å². The molecule has 1 amide bonds. The first-order chi connectivity index (χ1) is 16.4. The maximum absolute atomic E-state index is 11.9. The van der Waals surface area contributed by atoms with E-state index >= 15 is 0 Å². The fraction of sp³-hybridized carbons (Fsp3) is 0.346. The molecule has 0 bridgehead atoms. The zero-order valence-electron chi connectivity index (χ0n) is 19.7. The molecule has 0 radical (unpaired) electrons. The van der Waals surface area contributed by atoms with E-state index in [-0.39, 0.29) is 12.7 Å². The van der Waals surface area contributed by atoms with Crippen molar-refractivity contribution in [1.82, 2.24) is 4.57 Å². The Morgan fingerprint density at radius 3 is 2.62 bits per heavy atom. The van der Waals surface area contributed by atoms with Gasteiger partial charge in [-0.1, -0.05) is 12.1 Å². The highest BCUT2D eigenvalue weighted by Crippen LogP contribution is 2.45. The highest BCUT2D eigenvalue weighted by molar-refractivity contribution is 5.96. The Hall–Kier alpha value is -3.99. The van der Waals surface area contributed by atoms with Crippen LogP contribution in [0.1, 0.15) is 45.2 Å². The largest absolute Gasteiger partial charge is 0.486 e. The van der Waals surface area contributed by atoms with Crippen LogP contribution in [0.2, 0.25) is 0 Å². The second-order valence-corrected chi connectivity index (χ2v) is 8.53. The Balaban J connectivity index is 1.70. The first-order valence-electron chi connectivity index (χ1n) is 11.5. The maximum Gasteiger partial charge on any atom is 0.411 e. The molecule has 0 unspecified atom stereocenters. The van der Waals surface area contributed by atoms with Crippen LogP contribution < -0.4 is 15.8 Å². The monoisotopic (exact) mass is 459 g/mol. The summed E-state index contributed by atoms with van der Waals surface area (Å²) < 4.78 is 13.2. The van der Waals surface area contributed by atoms with Crippen molar-refractivity contribution in [1.29, 1.82) is 5.26 Å². The summed E-state index contributed by atoms with van der Waals surface area (Å²) in [4.78, 5) is 16.1. The smallest absolute Gasteiger partial charge is 0.411 e. The number of amidine groups is 1. The van der Waals surface area contributed by atoms with Gasteiger partial charge < -0.3 is 19.8 Å². The molecule has 0 saturated heterocycles. The van der Waals surface area contributed by atoms with E-state index in [9.17, 15) is 10.1 Å². The van der Waals surface area contributed by atoms with Crippen molar-refractivity contribution in [2.24, 2.45) is 10.7 Å². The van der Waals surface area contributed by atoms with E-state index in [1.54, 1.807) is 13.8 Å². The first-order valence-corrected chi connectivity index (χ1v) is 11.5. The normalized spacial score (nSPS) is 13.7. The maximum atomic E-state index is 11.9. The number of hydrogen-bond acceptors (Lipinski definition) is 5. The number of carbonyl (C=O) groups is 1. The van der Waals surface area contributed by atoms with Crippen LogP contribution in [0.3, 0.4) is 0 Å². The molecule has 1 aromatic heterocycles. The molecule has 8 heteroatoms. The highest BCUT2D eigenvalue weighted by atomic mass is 16.6. The first kappa shape index (κ1) is 23.2. The van der Waals surface area contributed by atoms with E-state index in [4.69, 9.17) is 15.2 Å². The van der Waals surface area contributed by atoms with Crippen molar-refractivity contribution in [3.05, 3.63) is 48.0 Å². The molecule has 8 nitrogen and oxygen atoms in total. The number of aliphatic imine (C=N–C) groups is 1. The molecule has 0 atom stereocenters. The second kappa shape index (κ2) is 9.87. The number of aromatic nitrogens is 1. The molecular formula is C26H29N5O3. The number of nitriles is 1. The third-order valence-electron chi connectivity index (χ3n) is 5.50. The number of ether oxygens (including phenoxy) is 2. The predicted molar refractivity (Wildman–Crippen MR) is 133 cm³/mol. The summed E-state index contributed by atoms with van der Waals surface area (Å²) in [5, 5.41) is 13.7. The van der Waals surface area contributed by atoms with Crippen molar-refractivity contribution < 1.29 is 14.3 Å². The number of hydrogen-bond donors (Lipinski definition) is 2. The molecule has 0 spiro atoms. The van der Waals surface area contributed by atoms with Crippen LogP contribution in [0.15, 0.2) is 47.5 Å². The van der Waals surface area contributed by atoms with Crippen molar-refractivity contribution in [3.63, 3.8) is 0 Å². The average Bonchev–Trinajstić information content (AvgIpc) is 3.59. The molecule has 1 aliphatic carbocycles. The van der Waals surface area contributed by atoms with Gasteiger partial charge in [0.05, 0.1) is 22.9 Å². The van der Waals surface area contributed by atoms with Gasteiger partial charge >= 0.3 is 6.09 Å². The number of benzene rings is 2. The van der Waals surface area contributed by atoms with Gasteiger partial charge in [0.15, 0.2) is 0 Å². The molecule has 1 heterocycles. The Morgan fingerprint density at radius 2 is 2.00 bits per heavy atom. The van der Waals surface area contributed by atoms with E-state index in [2.05, 4.69) is 20.9 Å². The Labute approximate surface area is 199 Å². The van der Waals surface area contributed by atoms with E-state index in [1.165, 1.54) is 0 Å². The molecule has 3 aromatic rings. The number of rotatable bonds is 8. The van der Waals surface area contributed by atoms with Crippen LogP contribution in [0.5, 0.6) is 5.75 Å². The Morgan fingerprint density at radius 1 is 1.26 bits per heavy atom. The fourth-order valence-electron chi connectivity index (χ4n) is 3.97. The summed E-state index contributed by atoms with van der Waals surface area (Å²) in [6, 6.07) is 16.0. The summed E-state index contributed by atoms with van der Waals surface area (Å²) in [5.41, 5.74) is 9.86.